The minimum absolute atomic E-state index is 0.0513. The van der Waals surface area contributed by atoms with Gasteiger partial charge in [0.25, 0.3) is 0 Å². The predicted octanol–water partition coefficient (Wildman–Crippen LogP) is 5.06. The van der Waals surface area contributed by atoms with Crippen LogP contribution in [-0.2, 0) is 4.74 Å². The van der Waals surface area contributed by atoms with Crippen molar-refractivity contribution in [1.82, 2.24) is 4.98 Å². The van der Waals surface area contributed by atoms with Crippen LogP contribution in [0.2, 0.25) is 0 Å². The molecule has 1 aliphatic heterocycles. The van der Waals surface area contributed by atoms with E-state index in [1.165, 1.54) is 4.90 Å². The van der Waals surface area contributed by atoms with Crippen molar-refractivity contribution < 1.29 is 14.6 Å². The number of hydrogen-bond acceptors (Lipinski definition) is 4. The van der Waals surface area contributed by atoms with E-state index in [1.807, 2.05) is 37.3 Å². The van der Waals surface area contributed by atoms with Crippen molar-refractivity contribution in [3.8, 4) is 5.75 Å². The summed E-state index contributed by atoms with van der Waals surface area (Å²) in [5.74, 6) is -0.731. The van der Waals surface area contributed by atoms with Crippen molar-refractivity contribution in [2.45, 2.75) is 24.7 Å². The summed E-state index contributed by atoms with van der Waals surface area (Å²) in [6, 6.07) is 5.81. The molecular formula is C18H18BrNO3S. The number of nitrogens with zero attached hydrogens (tertiary/aromatic N) is 1. The highest BCUT2D eigenvalue weighted by Crippen LogP contribution is 2.44. The number of esters is 1. The maximum Gasteiger partial charge on any atom is 0.360 e. The summed E-state index contributed by atoms with van der Waals surface area (Å²) in [7, 11) is -0.449. The van der Waals surface area contributed by atoms with Crippen LogP contribution in [0.1, 0.15) is 30.3 Å². The Morgan fingerprint density at radius 3 is 2.75 bits per heavy atom. The monoisotopic (exact) mass is 407 g/mol. The second kappa shape index (κ2) is 7.40. The lowest BCUT2D eigenvalue weighted by Crippen LogP contribution is -2.09. The Kier molecular flexibility index (Phi) is 5.26. The number of rotatable bonds is 5. The first-order chi connectivity index (χ1) is 11.6. The number of carbonyl (C=O) groups is 1. The number of thiol groups is 1. The Morgan fingerprint density at radius 2 is 2.04 bits per heavy atom. The summed E-state index contributed by atoms with van der Waals surface area (Å²) in [6.07, 6.45) is 5.80. The summed E-state index contributed by atoms with van der Waals surface area (Å²) in [5.41, 5.74) is -0.0513. The van der Waals surface area contributed by atoms with E-state index in [4.69, 9.17) is 4.74 Å². The standard InChI is InChI=1S/C18H18BrNO3S/c1-2-3-8-23-18(22)15-16(21)13-7-6-12(24-9-4-5-10-24)11-14(13)17(19)20-15/h4-7,9-11,21,24H,2-3,8H2,1H3. The zero-order chi connectivity index (χ0) is 17.1. The second-order valence-corrected chi connectivity index (χ2v) is 8.09. The van der Waals surface area contributed by atoms with Crippen molar-refractivity contribution >= 4 is 43.6 Å². The molecule has 126 valence electrons. The number of aromatic hydroxyl groups is 1. The van der Waals surface area contributed by atoms with Crippen molar-refractivity contribution in [1.29, 1.82) is 0 Å². The van der Waals surface area contributed by atoms with Gasteiger partial charge in [-0.3, -0.25) is 0 Å². The van der Waals surface area contributed by atoms with Crippen LogP contribution in [0.3, 0.4) is 0 Å². The topological polar surface area (TPSA) is 59.4 Å². The quantitative estimate of drug-likeness (QED) is 0.314. The summed E-state index contributed by atoms with van der Waals surface area (Å²) in [4.78, 5) is 17.5. The Hall–Kier alpha value is -1.79. The Morgan fingerprint density at radius 1 is 1.29 bits per heavy atom. The molecule has 3 rings (SSSR count). The number of halogens is 1. The fourth-order valence-electron chi connectivity index (χ4n) is 2.44. The number of pyridine rings is 1. The Balaban J connectivity index is 1.98. The molecule has 0 unspecified atom stereocenters. The van der Waals surface area contributed by atoms with Gasteiger partial charge >= 0.3 is 5.97 Å². The van der Waals surface area contributed by atoms with Crippen LogP contribution in [-0.4, -0.2) is 22.7 Å². The smallest absolute Gasteiger partial charge is 0.360 e. The number of fused-ring (bicyclic) bond motifs is 1. The van der Waals surface area contributed by atoms with Gasteiger partial charge in [0.15, 0.2) is 11.4 Å². The van der Waals surface area contributed by atoms with Gasteiger partial charge in [0.2, 0.25) is 0 Å². The third kappa shape index (κ3) is 3.35. The third-order valence-electron chi connectivity index (χ3n) is 3.74. The van der Waals surface area contributed by atoms with Crippen LogP contribution in [0.15, 0.2) is 50.7 Å². The van der Waals surface area contributed by atoms with Crippen LogP contribution in [0.25, 0.3) is 10.8 Å². The molecular weight excluding hydrogens is 390 g/mol. The van der Waals surface area contributed by atoms with E-state index in [9.17, 15) is 9.90 Å². The molecule has 24 heavy (non-hydrogen) atoms. The lowest BCUT2D eigenvalue weighted by atomic mass is 10.1. The molecule has 0 amide bonds. The zero-order valence-corrected chi connectivity index (χ0v) is 15.7. The van der Waals surface area contributed by atoms with E-state index in [-0.39, 0.29) is 11.4 Å². The molecule has 4 nitrogen and oxygen atoms in total. The molecule has 1 aromatic carbocycles. The average molecular weight is 408 g/mol. The van der Waals surface area contributed by atoms with Gasteiger partial charge in [0.05, 0.1) is 6.61 Å². The van der Waals surface area contributed by atoms with Crippen molar-refractivity contribution in [3.63, 3.8) is 0 Å². The molecule has 2 heterocycles. The molecule has 0 spiro atoms. The summed E-state index contributed by atoms with van der Waals surface area (Å²) in [5, 5.41) is 16.1. The normalized spacial score (nSPS) is 14.5. The van der Waals surface area contributed by atoms with Gasteiger partial charge in [-0.2, -0.15) is 10.9 Å². The molecule has 1 aliphatic rings. The summed E-state index contributed by atoms with van der Waals surface area (Å²) >= 11 is 3.42. The maximum atomic E-state index is 12.1. The summed E-state index contributed by atoms with van der Waals surface area (Å²) < 4.78 is 5.69. The molecule has 6 heteroatoms. The molecule has 1 N–H and O–H groups in total. The largest absolute Gasteiger partial charge is 0.505 e. The van der Waals surface area contributed by atoms with E-state index in [0.717, 1.165) is 18.2 Å². The Bertz CT molecular complexity index is 836. The van der Waals surface area contributed by atoms with Crippen molar-refractivity contribution in [2.75, 3.05) is 6.61 Å². The highest BCUT2D eigenvalue weighted by molar-refractivity contribution is 9.10. The predicted molar refractivity (Wildman–Crippen MR) is 102 cm³/mol. The molecule has 1 aromatic heterocycles. The van der Waals surface area contributed by atoms with Crippen LogP contribution in [0, 0.1) is 0 Å². The van der Waals surface area contributed by atoms with E-state index in [0.29, 0.717) is 16.6 Å². The van der Waals surface area contributed by atoms with Crippen molar-refractivity contribution in [3.05, 3.63) is 51.5 Å². The number of unbranched alkanes of at least 4 members (excludes halogenated alkanes) is 1. The second-order valence-electron chi connectivity index (χ2n) is 5.41. The van der Waals surface area contributed by atoms with E-state index in [1.54, 1.807) is 0 Å². The van der Waals surface area contributed by atoms with E-state index < -0.39 is 16.9 Å². The number of aromatic nitrogens is 1. The molecule has 0 saturated carbocycles. The van der Waals surface area contributed by atoms with Gasteiger partial charge in [-0.15, -0.1) is 0 Å². The Labute approximate surface area is 151 Å². The van der Waals surface area contributed by atoms with Gasteiger partial charge in [-0.05, 0) is 56.3 Å². The molecule has 2 aromatic rings. The maximum absolute atomic E-state index is 12.1. The minimum Gasteiger partial charge on any atom is -0.505 e. The van der Waals surface area contributed by atoms with Crippen LogP contribution in [0.4, 0.5) is 0 Å². The third-order valence-corrected chi connectivity index (χ3v) is 6.21. The van der Waals surface area contributed by atoms with Gasteiger partial charge in [-0.1, -0.05) is 25.5 Å². The molecule has 0 aliphatic carbocycles. The number of hydrogen-bond donors (Lipinski definition) is 2. The van der Waals surface area contributed by atoms with Crippen molar-refractivity contribution in [2.24, 2.45) is 0 Å². The van der Waals surface area contributed by atoms with Crippen LogP contribution in [0.5, 0.6) is 5.75 Å². The number of ether oxygens (including phenoxy) is 1. The van der Waals surface area contributed by atoms with Gasteiger partial charge in [0.1, 0.15) is 4.60 Å². The van der Waals surface area contributed by atoms with Gasteiger partial charge in [-0.25, -0.2) is 9.78 Å². The number of allylic oxidation sites excluding steroid dienone is 2. The molecule has 0 radical (unpaired) electrons. The number of benzene rings is 1. The fourth-order valence-corrected chi connectivity index (χ4v) is 4.48. The first-order valence-electron chi connectivity index (χ1n) is 7.74. The van der Waals surface area contributed by atoms with Gasteiger partial charge < -0.3 is 9.84 Å². The van der Waals surface area contributed by atoms with Crippen LogP contribution < -0.4 is 0 Å². The van der Waals surface area contributed by atoms with E-state index in [2.05, 4.69) is 31.7 Å². The fraction of sp³-hybridized carbons (Fsp3) is 0.222. The first kappa shape index (κ1) is 17.0. The molecule has 0 fully saturated rings. The molecule has 0 saturated heterocycles. The first-order valence-corrected chi connectivity index (χ1v) is 10.0. The van der Waals surface area contributed by atoms with E-state index >= 15 is 0 Å². The minimum atomic E-state index is -0.598. The highest BCUT2D eigenvalue weighted by Gasteiger charge is 2.20. The van der Waals surface area contributed by atoms with Gasteiger partial charge in [0, 0.05) is 10.8 Å². The molecule has 0 bridgehead atoms. The SMILES string of the molecule is CCCCOC(=O)c1nc(Br)c2cc([SH]3C=CC=C3)ccc2c1O. The lowest BCUT2D eigenvalue weighted by Gasteiger charge is -2.14. The van der Waals surface area contributed by atoms with Crippen LogP contribution >= 0.6 is 26.8 Å². The molecule has 0 atom stereocenters. The summed E-state index contributed by atoms with van der Waals surface area (Å²) in [6.45, 7) is 2.35. The average Bonchev–Trinajstić information content (AvgIpc) is 3.12. The lowest BCUT2D eigenvalue weighted by molar-refractivity contribution is 0.0489. The zero-order valence-electron chi connectivity index (χ0n) is 13.2. The number of carbonyl (C=O) groups excluding carboxylic acids is 1. The highest BCUT2D eigenvalue weighted by atomic mass is 79.9.